The lowest BCUT2D eigenvalue weighted by molar-refractivity contribution is 0.322. The molecule has 8 nitrogen and oxygen atoms in total. The molecule has 0 aliphatic carbocycles. The first-order valence-corrected chi connectivity index (χ1v) is 9.83. The number of aryl methyl sites for hydroxylation is 1. The highest BCUT2D eigenvalue weighted by atomic mass is 127. The van der Waals surface area contributed by atoms with Crippen LogP contribution >= 0.6 is 24.0 Å². The molecule has 0 spiro atoms. The highest BCUT2D eigenvalue weighted by Crippen LogP contribution is 2.39. The van der Waals surface area contributed by atoms with Crippen molar-refractivity contribution in [2.24, 2.45) is 4.99 Å². The summed E-state index contributed by atoms with van der Waals surface area (Å²) in [5, 5.41) is 6.51. The molecule has 0 aliphatic rings. The number of aliphatic imine (C=N–C) groups is 1. The zero-order valence-electron chi connectivity index (χ0n) is 18.9. The van der Waals surface area contributed by atoms with Gasteiger partial charge in [-0.25, -0.2) is 4.98 Å². The summed E-state index contributed by atoms with van der Waals surface area (Å²) >= 11 is 0. The van der Waals surface area contributed by atoms with Crippen LogP contribution in [0.3, 0.4) is 0 Å². The number of nitrogens with zero attached hydrogens (tertiary/aromatic N) is 2. The quantitative estimate of drug-likeness (QED) is 0.247. The van der Waals surface area contributed by atoms with Gasteiger partial charge in [-0.05, 0) is 31.2 Å². The average molecular weight is 552 g/mol. The van der Waals surface area contributed by atoms with Crippen LogP contribution in [0.4, 0.5) is 0 Å². The molecule has 32 heavy (non-hydrogen) atoms. The number of halogens is 1. The van der Waals surface area contributed by atoms with Gasteiger partial charge in [0.1, 0.15) is 6.26 Å². The van der Waals surface area contributed by atoms with Crippen molar-refractivity contribution in [1.82, 2.24) is 15.6 Å². The minimum absolute atomic E-state index is 0. The van der Waals surface area contributed by atoms with E-state index in [0.29, 0.717) is 42.2 Å². The molecule has 0 unspecified atom stereocenters. The molecule has 0 bridgehead atoms. The van der Waals surface area contributed by atoms with Crippen molar-refractivity contribution in [1.29, 1.82) is 0 Å². The third kappa shape index (κ3) is 6.06. The monoisotopic (exact) mass is 552 g/mol. The van der Waals surface area contributed by atoms with E-state index in [-0.39, 0.29) is 24.0 Å². The van der Waals surface area contributed by atoms with Crippen molar-refractivity contribution in [3.63, 3.8) is 0 Å². The van der Waals surface area contributed by atoms with Gasteiger partial charge in [0.2, 0.25) is 11.6 Å². The van der Waals surface area contributed by atoms with E-state index in [0.717, 1.165) is 16.8 Å². The summed E-state index contributed by atoms with van der Waals surface area (Å²) in [7, 11) is 6.49. The van der Waals surface area contributed by atoms with Gasteiger partial charge in [0.15, 0.2) is 17.5 Å². The van der Waals surface area contributed by atoms with Crippen LogP contribution < -0.4 is 24.8 Å². The van der Waals surface area contributed by atoms with Gasteiger partial charge in [-0.1, -0.05) is 17.7 Å². The molecule has 172 valence electrons. The molecule has 0 saturated carbocycles. The summed E-state index contributed by atoms with van der Waals surface area (Å²) < 4.78 is 21.9. The molecule has 1 heterocycles. The fourth-order valence-corrected chi connectivity index (χ4v) is 3.09. The van der Waals surface area contributed by atoms with E-state index >= 15 is 0 Å². The molecular formula is C23H29IN4O4. The number of oxazole rings is 1. The molecule has 0 aliphatic heterocycles. The van der Waals surface area contributed by atoms with Crippen LogP contribution in [-0.2, 0) is 13.1 Å². The Labute approximate surface area is 205 Å². The number of benzene rings is 2. The summed E-state index contributed by atoms with van der Waals surface area (Å²) in [5.41, 5.74) is 3.83. The van der Waals surface area contributed by atoms with Gasteiger partial charge in [0.05, 0.1) is 33.6 Å². The molecule has 1 aromatic heterocycles. The maximum atomic E-state index is 5.61. The molecule has 2 N–H and O–H groups in total. The van der Waals surface area contributed by atoms with Crippen molar-refractivity contribution < 1.29 is 18.6 Å². The Bertz CT molecular complexity index is 1030. The van der Waals surface area contributed by atoms with E-state index in [1.165, 1.54) is 5.56 Å². The summed E-state index contributed by atoms with van der Waals surface area (Å²) in [6.07, 6.45) is 1.65. The van der Waals surface area contributed by atoms with Crippen molar-refractivity contribution in [2.45, 2.75) is 20.0 Å². The average Bonchev–Trinajstić information content (AvgIpc) is 3.27. The first-order valence-electron chi connectivity index (χ1n) is 9.83. The smallest absolute Gasteiger partial charge is 0.226 e. The standard InChI is InChI=1S/C23H28N4O4.HI/c1-15-6-8-16(9-7-15)22-27-18(14-31-22)13-26-23(24-2)25-12-17-10-11-19(28-3)21(30-5)20(17)29-4;/h6-11,14H,12-13H2,1-5H3,(H2,24,25,26);1H. The second kappa shape index (κ2) is 12.2. The van der Waals surface area contributed by atoms with Crippen LogP contribution in [0.5, 0.6) is 17.2 Å². The van der Waals surface area contributed by atoms with Gasteiger partial charge in [-0.3, -0.25) is 4.99 Å². The number of ether oxygens (including phenoxy) is 3. The van der Waals surface area contributed by atoms with Crippen LogP contribution in [0.15, 0.2) is 52.1 Å². The highest BCUT2D eigenvalue weighted by molar-refractivity contribution is 14.0. The van der Waals surface area contributed by atoms with Crippen LogP contribution in [0, 0.1) is 6.92 Å². The minimum atomic E-state index is 0. The van der Waals surface area contributed by atoms with Crippen LogP contribution in [0.1, 0.15) is 16.8 Å². The van der Waals surface area contributed by atoms with Crippen LogP contribution in [0.2, 0.25) is 0 Å². The normalized spacial score (nSPS) is 10.8. The van der Waals surface area contributed by atoms with E-state index in [4.69, 9.17) is 18.6 Å². The zero-order valence-corrected chi connectivity index (χ0v) is 21.2. The van der Waals surface area contributed by atoms with Gasteiger partial charge in [-0.2, -0.15) is 0 Å². The fraction of sp³-hybridized carbons (Fsp3) is 0.304. The predicted octanol–water partition coefficient (Wildman–Crippen LogP) is 4.16. The van der Waals surface area contributed by atoms with Crippen molar-refractivity contribution >= 4 is 29.9 Å². The topological polar surface area (TPSA) is 90.1 Å². The number of rotatable bonds is 8. The van der Waals surface area contributed by atoms with Crippen LogP contribution in [-0.4, -0.2) is 39.3 Å². The first-order chi connectivity index (χ1) is 15.1. The van der Waals surface area contributed by atoms with E-state index < -0.39 is 0 Å². The second-order valence-electron chi connectivity index (χ2n) is 6.78. The summed E-state index contributed by atoms with van der Waals surface area (Å²) in [4.78, 5) is 8.81. The molecule has 3 rings (SSSR count). The van der Waals surface area contributed by atoms with Gasteiger partial charge in [-0.15, -0.1) is 24.0 Å². The SMILES string of the molecule is CN=C(NCc1coc(-c2ccc(C)cc2)n1)NCc1ccc(OC)c(OC)c1OC.I. The molecule has 3 aromatic rings. The zero-order chi connectivity index (χ0) is 22.2. The molecule has 0 saturated heterocycles. The minimum Gasteiger partial charge on any atom is -0.493 e. The number of methoxy groups -OCH3 is 3. The second-order valence-corrected chi connectivity index (χ2v) is 6.78. The predicted molar refractivity (Wildman–Crippen MR) is 135 cm³/mol. The number of guanidine groups is 1. The number of aromatic nitrogens is 1. The first kappa shape index (κ1) is 25.3. The van der Waals surface area contributed by atoms with Gasteiger partial charge >= 0.3 is 0 Å². The molecule has 9 heteroatoms. The molecular weight excluding hydrogens is 523 g/mol. The third-order valence-electron chi connectivity index (χ3n) is 4.74. The van der Waals surface area contributed by atoms with Crippen LogP contribution in [0.25, 0.3) is 11.5 Å². The lowest BCUT2D eigenvalue weighted by Crippen LogP contribution is -2.36. The van der Waals surface area contributed by atoms with Gasteiger partial charge in [0, 0.05) is 24.7 Å². The van der Waals surface area contributed by atoms with Gasteiger partial charge < -0.3 is 29.3 Å². The van der Waals surface area contributed by atoms with Crippen molar-refractivity contribution in [3.05, 3.63) is 59.5 Å². The molecule has 0 atom stereocenters. The lowest BCUT2D eigenvalue weighted by atomic mass is 10.1. The lowest BCUT2D eigenvalue weighted by Gasteiger charge is -2.17. The molecule has 2 aromatic carbocycles. The number of nitrogens with one attached hydrogen (secondary N) is 2. The maximum Gasteiger partial charge on any atom is 0.226 e. The Morgan fingerprint density at radius 1 is 0.938 bits per heavy atom. The van der Waals surface area contributed by atoms with Gasteiger partial charge in [0.25, 0.3) is 0 Å². The summed E-state index contributed by atoms with van der Waals surface area (Å²) in [6, 6.07) is 11.8. The summed E-state index contributed by atoms with van der Waals surface area (Å²) in [5.74, 6) is 3.00. The summed E-state index contributed by atoms with van der Waals surface area (Å²) in [6.45, 7) is 3.00. The fourth-order valence-electron chi connectivity index (χ4n) is 3.09. The van der Waals surface area contributed by atoms with E-state index in [1.807, 2.05) is 43.3 Å². The Balaban J connectivity index is 0.00000363. The Kier molecular flexibility index (Phi) is 9.63. The third-order valence-corrected chi connectivity index (χ3v) is 4.74. The number of hydrogen-bond acceptors (Lipinski definition) is 6. The van der Waals surface area contributed by atoms with E-state index in [1.54, 1.807) is 34.6 Å². The molecule has 0 radical (unpaired) electrons. The Hall–Kier alpha value is -2.95. The van der Waals surface area contributed by atoms with E-state index in [2.05, 4.69) is 20.6 Å². The van der Waals surface area contributed by atoms with Crippen molar-refractivity contribution in [3.8, 4) is 28.7 Å². The largest absolute Gasteiger partial charge is 0.493 e. The Morgan fingerprint density at radius 3 is 2.25 bits per heavy atom. The highest BCUT2D eigenvalue weighted by Gasteiger charge is 2.16. The van der Waals surface area contributed by atoms with Crippen molar-refractivity contribution in [2.75, 3.05) is 28.4 Å². The van der Waals surface area contributed by atoms with E-state index in [9.17, 15) is 0 Å². The maximum absolute atomic E-state index is 5.61. The molecule has 0 fully saturated rings. The Morgan fingerprint density at radius 2 is 1.62 bits per heavy atom. The number of hydrogen-bond donors (Lipinski definition) is 2. The molecule has 0 amide bonds.